The molecule has 0 unspecified atom stereocenters. The average molecular weight is 703 g/mol. The van der Waals surface area contributed by atoms with Crippen LogP contribution in [0.1, 0.15) is 63.8 Å². The summed E-state index contributed by atoms with van der Waals surface area (Å²) < 4.78 is 19.2. The minimum atomic E-state index is -0.500. The van der Waals surface area contributed by atoms with E-state index in [0.29, 0.717) is 23.9 Å². The molecule has 2 aromatic carbocycles. The number of aromatic nitrogens is 3. The largest absolute Gasteiger partial charge is 0.493 e. The number of carbonyl (C=O) groups excluding carboxylic acids is 1. The van der Waals surface area contributed by atoms with Crippen molar-refractivity contribution in [3.63, 3.8) is 0 Å². The van der Waals surface area contributed by atoms with Crippen LogP contribution in [-0.4, -0.2) is 70.3 Å². The van der Waals surface area contributed by atoms with Crippen molar-refractivity contribution in [2.75, 3.05) is 38.3 Å². The minimum Gasteiger partial charge on any atom is -0.493 e. The van der Waals surface area contributed by atoms with Gasteiger partial charge in [0.1, 0.15) is 11.6 Å². The first kappa shape index (κ1) is 38.6. The first-order valence-corrected chi connectivity index (χ1v) is 17.4. The molecule has 1 aliphatic heterocycles. The van der Waals surface area contributed by atoms with Gasteiger partial charge in [0.15, 0.2) is 5.65 Å². The van der Waals surface area contributed by atoms with Crippen LogP contribution in [0.25, 0.3) is 28.0 Å². The Morgan fingerprint density at radius 2 is 1.76 bits per heavy atom. The second-order valence-electron chi connectivity index (χ2n) is 13.9. The lowest BCUT2D eigenvalue weighted by atomic mass is 9.93. The van der Waals surface area contributed by atoms with E-state index < -0.39 is 5.60 Å². The topological polar surface area (TPSA) is 98.4 Å². The molecule has 0 saturated carbocycles. The summed E-state index contributed by atoms with van der Waals surface area (Å²) in [5.41, 5.74) is 6.07. The Bertz CT molecular complexity index is 1810. The van der Waals surface area contributed by atoms with Gasteiger partial charge in [-0.2, -0.15) is 9.61 Å². The summed E-state index contributed by atoms with van der Waals surface area (Å²) >= 11 is 6.57. The maximum Gasteiger partial charge on any atom is 0.310 e. The van der Waals surface area contributed by atoms with Gasteiger partial charge < -0.3 is 24.2 Å². The lowest BCUT2D eigenvalue weighted by molar-refractivity contribution is -0.139. The third kappa shape index (κ3) is 9.96. The van der Waals surface area contributed by atoms with Gasteiger partial charge in [0, 0.05) is 46.6 Å². The molecule has 268 valence electrons. The van der Waals surface area contributed by atoms with Crippen molar-refractivity contribution in [2.45, 2.75) is 78.4 Å². The maximum atomic E-state index is 12.5. The molecule has 0 spiro atoms. The van der Waals surface area contributed by atoms with Crippen molar-refractivity contribution < 1.29 is 24.1 Å². The number of piperidine rings is 1. The Hall–Kier alpha value is -4.18. The fraction of sp³-hybridized carbons (Fsp3) is 0.425. The molecule has 1 fully saturated rings. The van der Waals surface area contributed by atoms with Crippen molar-refractivity contribution in [1.82, 2.24) is 14.6 Å². The van der Waals surface area contributed by atoms with E-state index in [1.165, 1.54) is 7.11 Å². The molecule has 0 radical (unpaired) electrons. The van der Waals surface area contributed by atoms with Crippen LogP contribution in [0.3, 0.4) is 0 Å². The average Bonchev–Trinajstić information content (AvgIpc) is 3.49. The van der Waals surface area contributed by atoms with Gasteiger partial charge in [-0.25, -0.2) is 4.98 Å². The summed E-state index contributed by atoms with van der Waals surface area (Å²) in [6.45, 7) is 21.4. The molecule has 0 bridgehead atoms. The number of hydrogen-bond acceptors (Lipinski definition) is 8. The summed E-state index contributed by atoms with van der Waals surface area (Å²) in [7, 11) is 1.41. The molecule has 9 nitrogen and oxygen atoms in total. The summed E-state index contributed by atoms with van der Waals surface area (Å²) in [5.74, 6) is 1.31. The number of halogens is 1. The van der Waals surface area contributed by atoms with Crippen LogP contribution < -0.4 is 9.64 Å². The Morgan fingerprint density at radius 1 is 1.08 bits per heavy atom. The smallest absolute Gasteiger partial charge is 0.310 e. The Balaban J connectivity index is 0.00000105. The molecule has 1 N–H and O–H groups in total. The van der Waals surface area contributed by atoms with Crippen LogP contribution >= 0.6 is 11.6 Å². The van der Waals surface area contributed by atoms with Crippen LogP contribution in [-0.2, 0) is 20.7 Å². The number of esters is 1. The quantitative estimate of drug-likeness (QED) is 0.0894. The number of ether oxygens (including phenoxy) is 3. The van der Waals surface area contributed by atoms with E-state index in [9.17, 15) is 4.79 Å². The monoisotopic (exact) mass is 702 g/mol. The first-order chi connectivity index (χ1) is 23.7. The number of carbonyl (C=O) groups is 1. The third-order valence-electron chi connectivity index (χ3n) is 8.41. The highest BCUT2D eigenvalue weighted by molar-refractivity contribution is 6.31. The van der Waals surface area contributed by atoms with Gasteiger partial charge in [-0.15, -0.1) is 13.2 Å². The minimum absolute atomic E-state index is 0.106. The van der Waals surface area contributed by atoms with E-state index in [0.717, 1.165) is 83.1 Å². The van der Waals surface area contributed by atoms with E-state index in [2.05, 4.69) is 31.0 Å². The lowest BCUT2D eigenvalue weighted by Gasteiger charge is -2.40. The van der Waals surface area contributed by atoms with Gasteiger partial charge in [-0.1, -0.05) is 42.0 Å². The van der Waals surface area contributed by atoms with E-state index >= 15 is 0 Å². The number of hydrogen-bond donors (Lipinski definition) is 1. The molecule has 0 aliphatic carbocycles. The molecule has 10 heteroatoms. The number of rotatable bonds is 12. The summed E-state index contributed by atoms with van der Waals surface area (Å²) in [5, 5.41) is 14.3. The standard InChI is InChI=1S/C36H41ClN4O4.C4H10O/c1-7-9-18-44-32-19-24(3)30(37)21-29(32)26-11-10-12-27(20-26)31-23-33-38-25(4)28(22-34(42)43-6)35(41(33)39-31)40-15-13-36(5,14-16-40)45-17-8-2;1-4(2,3)5/h7-8,10-12,19-21,23H,1-2,9,13-18,22H2,3-6H3;5H,1-3H3. The highest BCUT2D eigenvalue weighted by Crippen LogP contribution is 2.38. The second kappa shape index (κ2) is 16.7. The van der Waals surface area contributed by atoms with Crippen molar-refractivity contribution in [1.29, 1.82) is 0 Å². The number of nitrogens with zero attached hydrogens (tertiary/aromatic N) is 4. The molecule has 3 heterocycles. The van der Waals surface area contributed by atoms with Crippen LogP contribution in [0.2, 0.25) is 5.02 Å². The van der Waals surface area contributed by atoms with Gasteiger partial charge in [0.25, 0.3) is 0 Å². The zero-order valence-corrected chi connectivity index (χ0v) is 31.3. The van der Waals surface area contributed by atoms with E-state index in [-0.39, 0.29) is 18.0 Å². The summed E-state index contributed by atoms with van der Waals surface area (Å²) in [4.78, 5) is 19.7. The zero-order chi connectivity index (χ0) is 36.6. The number of methoxy groups -OCH3 is 1. The van der Waals surface area contributed by atoms with Crippen LogP contribution in [0.5, 0.6) is 5.75 Å². The van der Waals surface area contributed by atoms with Gasteiger partial charge >= 0.3 is 5.97 Å². The van der Waals surface area contributed by atoms with E-state index in [1.807, 2.05) is 60.8 Å². The fourth-order valence-electron chi connectivity index (χ4n) is 5.72. The lowest BCUT2D eigenvalue weighted by Crippen LogP contribution is -2.45. The van der Waals surface area contributed by atoms with Crippen LogP contribution in [0.15, 0.2) is 67.8 Å². The number of fused-ring (bicyclic) bond motifs is 1. The highest BCUT2D eigenvalue weighted by atomic mass is 35.5. The van der Waals surface area contributed by atoms with Crippen molar-refractivity contribution in [3.8, 4) is 28.1 Å². The maximum absolute atomic E-state index is 12.5. The zero-order valence-electron chi connectivity index (χ0n) is 30.5. The molecule has 0 amide bonds. The third-order valence-corrected chi connectivity index (χ3v) is 8.82. The summed E-state index contributed by atoms with van der Waals surface area (Å²) in [6.07, 6.45) is 6.13. The van der Waals surface area contributed by atoms with Gasteiger partial charge in [-0.3, -0.25) is 4.79 Å². The molecule has 0 atom stereocenters. The second-order valence-corrected chi connectivity index (χ2v) is 14.3. The van der Waals surface area contributed by atoms with Crippen LogP contribution in [0, 0.1) is 13.8 Å². The molecule has 2 aromatic heterocycles. The number of benzene rings is 2. The predicted molar refractivity (Wildman–Crippen MR) is 202 cm³/mol. The molecule has 5 rings (SSSR count). The SMILES string of the molecule is C=CCCOc1cc(C)c(Cl)cc1-c1cccc(-c2cc3nc(C)c(CC(=O)OC)c(N4CCC(C)(OCC=C)CC4)n3n2)c1.CC(C)(C)O. The van der Waals surface area contributed by atoms with E-state index in [4.69, 9.17) is 41.0 Å². The van der Waals surface area contributed by atoms with Crippen molar-refractivity contribution >= 4 is 29.0 Å². The van der Waals surface area contributed by atoms with Gasteiger partial charge in [0.05, 0.1) is 43.6 Å². The molecular weight excluding hydrogens is 652 g/mol. The Kier molecular flexibility index (Phi) is 12.9. The molecule has 1 aliphatic rings. The summed E-state index contributed by atoms with van der Waals surface area (Å²) in [6, 6.07) is 14.1. The normalized spacial score (nSPS) is 14.1. The number of anilines is 1. The van der Waals surface area contributed by atoms with Crippen molar-refractivity contribution in [3.05, 3.63) is 89.6 Å². The van der Waals surface area contributed by atoms with Crippen LogP contribution in [0.4, 0.5) is 5.82 Å². The molecular formula is C40H51ClN4O5. The molecule has 1 saturated heterocycles. The predicted octanol–water partition coefficient (Wildman–Crippen LogP) is 8.34. The Morgan fingerprint density at radius 3 is 2.40 bits per heavy atom. The van der Waals surface area contributed by atoms with Gasteiger partial charge in [-0.05, 0) is 90.1 Å². The number of aliphatic hydroxyl groups is 1. The van der Waals surface area contributed by atoms with Crippen molar-refractivity contribution in [2.24, 2.45) is 0 Å². The molecule has 4 aromatic rings. The van der Waals surface area contributed by atoms with E-state index in [1.54, 1.807) is 26.8 Å². The highest BCUT2D eigenvalue weighted by Gasteiger charge is 2.33. The number of aryl methyl sites for hydroxylation is 2. The fourth-order valence-corrected chi connectivity index (χ4v) is 5.88. The Labute approximate surface area is 301 Å². The first-order valence-electron chi connectivity index (χ1n) is 17.0. The molecule has 50 heavy (non-hydrogen) atoms. The van der Waals surface area contributed by atoms with Gasteiger partial charge in [0.2, 0.25) is 0 Å².